The van der Waals surface area contributed by atoms with Crippen molar-refractivity contribution in [3.8, 4) is 0 Å². The van der Waals surface area contributed by atoms with Gasteiger partial charge in [-0.05, 0) is 34.5 Å². The molecule has 2 N–H and O–H groups in total. The van der Waals surface area contributed by atoms with Gasteiger partial charge in [0.15, 0.2) is 0 Å². The van der Waals surface area contributed by atoms with E-state index >= 15 is 0 Å². The summed E-state index contributed by atoms with van der Waals surface area (Å²) in [5, 5.41) is 10.8. The lowest BCUT2D eigenvalue weighted by Crippen LogP contribution is -2.08. The van der Waals surface area contributed by atoms with Gasteiger partial charge in [0, 0.05) is 4.47 Å². The normalized spacial score (nSPS) is 9.50. The number of hydrogen-bond donors (Lipinski definition) is 2. The molecule has 0 aliphatic heterocycles. The van der Waals surface area contributed by atoms with Crippen LogP contribution in [0.4, 0.5) is 10.5 Å². The van der Waals surface area contributed by atoms with E-state index in [9.17, 15) is 4.79 Å². The van der Waals surface area contributed by atoms with Gasteiger partial charge in [0.1, 0.15) is 0 Å². The van der Waals surface area contributed by atoms with Gasteiger partial charge in [0.25, 0.3) is 0 Å². The van der Waals surface area contributed by atoms with Gasteiger partial charge in [-0.1, -0.05) is 12.1 Å². The molecule has 0 bridgehead atoms. The van der Waals surface area contributed by atoms with Crippen LogP contribution in [0.2, 0.25) is 0 Å². The van der Waals surface area contributed by atoms with E-state index in [0.717, 1.165) is 10.0 Å². The zero-order chi connectivity index (χ0) is 9.14. The molecule has 0 heterocycles. The van der Waals surface area contributed by atoms with E-state index < -0.39 is 6.09 Å². The van der Waals surface area contributed by atoms with Gasteiger partial charge < -0.3 is 5.11 Å². The number of para-hydroxylation sites is 1. The van der Waals surface area contributed by atoms with E-state index in [1.54, 1.807) is 6.07 Å². The molecule has 3 nitrogen and oxygen atoms in total. The molecule has 0 saturated heterocycles. The van der Waals surface area contributed by atoms with E-state index in [2.05, 4.69) is 21.2 Å². The van der Waals surface area contributed by atoms with Gasteiger partial charge in [-0.25, -0.2) is 4.79 Å². The second kappa shape index (κ2) is 3.58. The van der Waals surface area contributed by atoms with E-state index in [0.29, 0.717) is 5.69 Å². The number of halogens is 1. The Kier molecular flexibility index (Phi) is 2.70. The maximum absolute atomic E-state index is 10.3. The predicted molar refractivity (Wildman–Crippen MR) is 50.5 cm³/mol. The molecule has 64 valence electrons. The van der Waals surface area contributed by atoms with Gasteiger partial charge in [0.05, 0.1) is 5.69 Å². The van der Waals surface area contributed by atoms with Crippen molar-refractivity contribution in [1.29, 1.82) is 0 Å². The first-order chi connectivity index (χ1) is 5.61. The van der Waals surface area contributed by atoms with Gasteiger partial charge in [-0.3, -0.25) is 5.32 Å². The number of nitrogens with one attached hydrogen (secondary N) is 1. The van der Waals surface area contributed by atoms with Crippen LogP contribution in [0.25, 0.3) is 0 Å². The third-order valence-corrected chi connectivity index (χ3v) is 2.11. The summed E-state index contributed by atoms with van der Waals surface area (Å²) >= 11 is 3.25. The van der Waals surface area contributed by atoms with Crippen LogP contribution < -0.4 is 5.32 Å². The van der Waals surface area contributed by atoms with E-state index in [1.807, 2.05) is 19.1 Å². The minimum absolute atomic E-state index is 0.602. The highest BCUT2D eigenvalue weighted by Crippen LogP contribution is 2.25. The van der Waals surface area contributed by atoms with Crippen LogP contribution in [0.5, 0.6) is 0 Å². The number of hydrogen-bond acceptors (Lipinski definition) is 1. The topological polar surface area (TPSA) is 49.3 Å². The van der Waals surface area contributed by atoms with E-state index in [-0.39, 0.29) is 0 Å². The number of carboxylic acid groups (broad SMARTS) is 1. The van der Waals surface area contributed by atoms with Crippen LogP contribution in [0.3, 0.4) is 0 Å². The molecule has 0 aromatic heterocycles. The Morgan fingerprint density at radius 2 is 2.25 bits per heavy atom. The Morgan fingerprint density at radius 3 is 2.75 bits per heavy atom. The molecule has 4 heteroatoms. The summed E-state index contributed by atoms with van der Waals surface area (Å²) in [6.45, 7) is 1.84. The number of benzene rings is 1. The fourth-order valence-corrected chi connectivity index (χ4v) is 1.46. The fraction of sp³-hybridized carbons (Fsp3) is 0.125. The summed E-state index contributed by atoms with van der Waals surface area (Å²) in [4.78, 5) is 10.3. The van der Waals surface area contributed by atoms with Crippen LogP contribution >= 0.6 is 15.9 Å². The van der Waals surface area contributed by atoms with Crippen molar-refractivity contribution in [3.05, 3.63) is 28.2 Å². The highest BCUT2D eigenvalue weighted by molar-refractivity contribution is 9.10. The lowest BCUT2D eigenvalue weighted by Gasteiger charge is -2.06. The van der Waals surface area contributed by atoms with Crippen molar-refractivity contribution >= 4 is 27.7 Å². The molecule has 0 aliphatic carbocycles. The van der Waals surface area contributed by atoms with Crippen molar-refractivity contribution in [2.75, 3.05) is 5.32 Å². The number of amides is 1. The maximum atomic E-state index is 10.3. The fourth-order valence-electron chi connectivity index (χ4n) is 0.897. The summed E-state index contributed by atoms with van der Waals surface area (Å²) in [5.74, 6) is 0. The zero-order valence-corrected chi connectivity index (χ0v) is 8.05. The van der Waals surface area contributed by atoms with Gasteiger partial charge >= 0.3 is 6.09 Å². The summed E-state index contributed by atoms with van der Waals surface area (Å²) < 4.78 is 0.755. The predicted octanol–water partition coefficient (Wildman–Crippen LogP) is 2.85. The first kappa shape index (κ1) is 9.06. The molecule has 0 atom stereocenters. The van der Waals surface area contributed by atoms with Crippen LogP contribution in [0.1, 0.15) is 5.56 Å². The number of rotatable bonds is 1. The molecule has 1 aromatic carbocycles. The quantitative estimate of drug-likeness (QED) is 0.779. The molecule has 0 saturated carbocycles. The van der Waals surface area contributed by atoms with Crippen molar-refractivity contribution in [2.45, 2.75) is 6.92 Å². The van der Waals surface area contributed by atoms with E-state index in [4.69, 9.17) is 5.11 Å². The number of anilines is 1. The largest absolute Gasteiger partial charge is 0.465 e. The van der Waals surface area contributed by atoms with Crippen LogP contribution in [0.15, 0.2) is 22.7 Å². The molecule has 0 fully saturated rings. The van der Waals surface area contributed by atoms with Crippen LogP contribution in [-0.4, -0.2) is 11.2 Å². The average Bonchev–Trinajstić information content (AvgIpc) is 1.97. The summed E-state index contributed by atoms with van der Waals surface area (Å²) in [5.41, 5.74) is 1.50. The SMILES string of the molecule is Cc1cccc(Br)c1NC(=O)O. The standard InChI is InChI=1S/C8H8BrNO2/c1-5-3-2-4-6(9)7(5)10-8(11)12/h2-4,10H,1H3,(H,11,12). The van der Waals surface area contributed by atoms with Crippen molar-refractivity contribution in [1.82, 2.24) is 0 Å². The minimum atomic E-state index is -1.05. The lowest BCUT2D eigenvalue weighted by molar-refractivity contribution is 0.209. The Hall–Kier alpha value is -1.03. The molecule has 0 unspecified atom stereocenters. The maximum Gasteiger partial charge on any atom is 0.409 e. The molecule has 12 heavy (non-hydrogen) atoms. The van der Waals surface area contributed by atoms with Crippen molar-refractivity contribution in [3.63, 3.8) is 0 Å². The third-order valence-electron chi connectivity index (χ3n) is 1.45. The number of aryl methyl sites for hydroxylation is 1. The summed E-state index contributed by atoms with van der Waals surface area (Å²) in [6.07, 6.45) is -1.05. The second-order valence-corrected chi connectivity index (χ2v) is 3.22. The first-order valence-electron chi connectivity index (χ1n) is 3.36. The highest BCUT2D eigenvalue weighted by Gasteiger charge is 2.04. The Morgan fingerprint density at radius 1 is 1.58 bits per heavy atom. The first-order valence-corrected chi connectivity index (χ1v) is 4.15. The lowest BCUT2D eigenvalue weighted by atomic mass is 10.2. The van der Waals surface area contributed by atoms with Crippen LogP contribution in [-0.2, 0) is 0 Å². The third kappa shape index (κ3) is 1.98. The number of carbonyl (C=O) groups is 1. The van der Waals surface area contributed by atoms with Gasteiger partial charge in [-0.15, -0.1) is 0 Å². The molecular weight excluding hydrogens is 222 g/mol. The van der Waals surface area contributed by atoms with Gasteiger partial charge in [0.2, 0.25) is 0 Å². The molecule has 1 amide bonds. The molecule has 0 aliphatic rings. The van der Waals surface area contributed by atoms with E-state index in [1.165, 1.54) is 0 Å². The summed E-state index contributed by atoms with van der Waals surface area (Å²) in [7, 11) is 0. The second-order valence-electron chi connectivity index (χ2n) is 2.36. The Bertz CT molecular complexity index is 292. The molecule has 0 spiro atoms. The smallest absolute Gasteiger partial charge is 0.409 e. The van der Waals surface area contributed by atoms with Crippen LogP contribution in [0, 0.1) is 6.92 Å². The minimum Gasteiger partial charge on any atom is -0.465 e. The van der Waals surface area contributed by atoms with Crippen molar-refractivity contribution in [2.24, 2.45) is 0 Å². The highest BCUT2D eigenvalue weighted by atomic mass is 79.9. The molecule has 1 aromatic rings. The van der Waals surface area contributed by atoms with Crippen molar-refractivity contribution < 1.29 is 9.90 Å². The average molecular weight is 230 g/mol. The molecule has 0 radical (unpaired) electrons. The Balaban J connectivity index is 3.04. The van der Waals surface area contributed by atoms with Gasteiger partial charge in [-0.2, -0.15) is 0 Å². The molecule has 1 rings (SSSR count). The molecular formula is C8H8BrNO2. The monoisotopic (exact) mass is 229 g/mol. The zero-order valence-electron chi connectivity index (χ0n) is 6.47. The summed E-state index contributed by atoms with van der Waals surface area (Å²) in [6, 6.07) is 5.49. The Labute approximate surface area is 78.5 Å².